The molecule has 0 saturated carbocycles. The molecule has 0 bridgehead atoms. The molecule has 0 aliphatic carbocycles. The average molecular weight is 405 g/mol. The molecule has 0 spiro atoms. The summed E-state index contributed by atoms with van der Waals surface area (Å²) in [6, 6.07) is 5.57. The number of allylic oxidation sites excluding steroid dienone is 2. The number of carbonyl (C=O) groups excluding carboxylic acids is 1. The maximum Gasteiger partial charge on any atom is 0.336 e. The fourth-order valence-electron chi connectivity index (χ4n) is 2.81. The molecule has 1 heterocycles. The summed E-state index contributed by atoms with van der Waals surface area (Å²) in [7, 11) is 1.19. The summed E-state index contributed by atoms with van der Waals surface area (Å²) in [4.78, 5) is 34.3. The van der Waals surface area contributed by atoms with Gasteiger partial charge in [-0.15, -0.1) is 24.8 Å². The molecule has 8 nitrogen and oxygen atoms in total. The Morgan fingerprint density at radius 3 is 2.27 bits per heavy atom. The number of benzene rings is 1. The van der Waals surface area contributed by atoms with E-state index in [1.165, 1.54) is 25.3 Å². The number of nitrogens with one attached hydrogen (secondary N) is 1. The van der Waals surface area contributed by atoms with E-state index in [0.29, 0.717) is 17.0 Å². The first-order valence-electron chi connectivity index (χ1n) is 7.02. The topological polar surface area (TPSA) is 119 Å². The highest BCUT2D eigenvalue weighted by Gasteiger charge is 2.37. The molecule has 10 heteroatoms. The van der Waals surface area contributed by atoms with E-state index in [2.05, 4.69) is 5.32 Å². The van der Waals surface area contributed by atoms with Gasteiger partial charge in [-0.1, -0.05) is 12.1 Å². The number of ether oxygens (including phenoxy) is 1. The predicted molar refractivity (Wildman–Crippen MR) is 98.5 cm³/mol. The van der Waals surface area contributed by atoms with Crippen LogP contribution >= 0.6 is 24.8 Å². The quantitative estimate of drug-likeness (QED) is 0.449. The fourth-order valence-corrected chi connectivity index (χ4v) is 2.81. The number of aliphatic carboxylic acids is 1. The fraction of sp³-hybridized carbons (Fsp3) is 0.250. The Balaban J connectivity index is 0.00000312. The van der Waals surface area contributed by atoms with Crippen LogP contribution in [-0.4, -0.2) is 29.1 Å². The number of methoxy groups -OCH3 is 1. The highest BCUT2D eigenvalue weighted by molar-refractivity contribution is 5.99. The molecule has 2 rings (SSSR count). The number of esters is 1. The summed E-state index contributed by atoms with van der Waals surface area (Å²) >= 11 is 0. The molecule has 1 aliphatic rings. The van der Waals surface area contributed by atoms with Gasteiger partial charge in [0.15, 0.2) is 0 Å². The van der Waals surface area contributed by atoms with Crippen LogP contribution in [0.15, 0.2) is 46.8 Å². The second kappa shape index (κ2) is 9.21. The molecule has 26 heavy (non-hydrogen) atoms. The number of rotatable bonds is 4. The average Bonchev–Trinajstić information content (AvgIpc) is 2.53. The third-order valence-corrected chi connectivity index (χ3v) is 3.81. The molecule has 2 N–H and O–H groups in total. The highest BCUT2D eigenvalue weighted by Crippen LogP contribution is 2.39. The number of dihydropyridines is 1. The number of halogens is 2. The van der Waals surface area contributed by atoms with Crippen LogP contribution in [0.3, 0.4) is 0 Å². The number of carbonyl (C=O) groups is 2. The number of nitro benzene ring substituents is 1. The molecule has 142 valence electrons. The Hall–Kier alpha value is -2.58. The lowest BCUT2D eigenvalue weighted by Gasteiger charge is -2.29. The molecule has 1 unspecified atom stereocenters. The lowest BCUT2D eigenvalue weighted by atomic mass is 9.80. The molecule has 1 aromatic carbocycles. The summed E-state index contributed by atoms with van der Waals surface area (Å²) in [5.41, 5.74) is 1.02. The third kappa shape index (κ3) is 4.33. The Kier molecular flexibility index (Phi) is 8.30. The van der Waals surface area contributed by atoms with Gasteiger partial charge in [0.25, 0.3) is 5.69 Å². The van der Waals surface area contributed by atoms with Crippen LogP contribution in [0.25, 0.3) is 0 Å². The van der Waals surface area contributed by atoms with Crippen LogP contribution in [0.5, 0.6) is 0 Å². The first-order chi connectivity index (χ1) is 11.3. The molecule has 0 fully saturated rings. The monoisotopic (exact) mass is 404 g/mol. The zero-order valence-electron chi connectivity index (χ0n) is 14.1. The minimum Gasteiger partial charge on any atom is -0.478 e. The number of hydrogen-bond acceptors (Lipinski definition) is 6. The van der Waals surface area contributed by atoms with Crippen molar-refractivity contribution in [3.05, 3.63) is 62.5 Å². The van der Waals surface area contributed by atoms with Gasteiger partial charge in [-0.05, 0) is 19.4 Å². The van der Waals surface area contributed by atoms with Gasteiger partial charge in [-0.2, -0.15) is 0 Å². The molecule has 0 radical (unpaired) electrons. The first-order valence-corrected chi connectivity index (χ1v) is 7.02. The summed E-state index contributed by atoms with van der Waals surface area (Å²) < 4.78 is 4.77. The zero-order valence-corrected chi connectivity index (χ0v) is 15.8. The van der Waals surface area contributed by atoms with Crippen molar-refractivity contribution in [2.45, 2.75) is 19.8 Å². The predicted octanol–water partition coefficient (Wildman–Crippen LogP) is 2.93. The molecule has 1 aliphatic heterocycles. The maximum atomic E-state index is 12.2. The largest absolute Gasteiger partial charge is 0.478 e. The second-order valence-corrected chi connectivity index (χ2v) is 5.28. The second-order valence-electron chi connectivity index (χ2n) is 5.28. The maximum absolute atomic E-state index is 12.2. The number of carboxylic acids is 1. The van der Waals surface area contributed by atoms with Crippen molar-refractivity contribution in [3.63, 3.8) is 0 Å². The van der Waals surface area contributed by atoms with E-state index in [4.69, 9.17) is 4.74 Å². The number of nitro groups is 1. The van der Waals surface area contributed by atoms with Gasteiger partial charge >= 0.3 is 11.9 Å². The summed E-state index contributed by atoms with van der Waals surface area (Å²) in [6.45, 7) is 3.20. The Labute approximate surface area is 161 Å². The van der Waals surface area contributed by atoms with E-state index >= 15 is 0 Å². The van der Waals surface area contributed by atoms with Crippen molar-refractivity contribution in [2.75, 3.05) is 7.11 Å². The smallest absolute Gasteiger partial charge is 0.336 e. The van der Waals surface area contributed by atoms with Crippen molar-refractivity contribution < 1.29 is 24.4 Å². The standard InChI is InChI=1S/C16H16N2O6.2ClH/c1-8-12(15(19)20)14(13(9(2)17-8)16(21)24-3)10-5-4-6-11(7-10)18(22)23;;/h4-7,14,17H,1-3H3,(H,19,20);2*1H. The van der Waals surface area contributed by atoms with Crippen LogP contribution < -0.4 is 5.32 Å². The van der Waals surface area contributed by atoms with Crippen LogP contribution in [0.2, 0.25) is 0 Å². The van der Waals surface area contributed by atoms with Crippen molar-refractivity contribution in [3.8, 4) is 0 Å². The van der Waals surface area contributed by atoms with E-state index in [1.807, 2.05) is 0 Å². The molecule has 0 aromatic heterocycles. The first kappa shape index (κ1) is 23.4. The van der Waals surface area contributed by atoms with Gasteiger partial charge in [0.2, 0.25) is 0 Å². The van der Waals surface area contributed by atoms with Crippen LogP contribution in [0, 0.1) is 10.1 Å². The summed E-state index contributed by atoms with van der Waals surface area (Å²) in [5, 5.41) is 23.4. The Bertz CT molecular complexity index is 804. The Morgan fingerprint density at radius 2 is 1.77 bits per heavy atom. The van der Waals surface area contributed by atoms with Gasteiger partial charge in [-0.25, -0.2) is 9.59 Å². The van der Waals surface area contributed by atoms with Gasteiger partial charge in [0, 0.05) is 23.5 Å². The molecule has 0 amide bonds. The third-order valence-electron chi connectivity index (χ3n) is 3.81. The van der Waals surface area contributed by atoms with Gasteiger partial charge in [-0.3, -0.25) is 10.1 Å². The van der Waals surface area contributed by atoms with Crippen molar-refractivity contribution in [1.29, 1.82) is 0 Å². The number of carboxylic acid groups (broad SMARTS) is 1. The molecular weight excluding hydrogens is 387 g/mol. The van der Waals surface area contributed by atoms with E-state index in [9.17, 15) is 24.8 Å². The number of hydrogen-bond donors (Lipinski definition) is 2. The summed E-state index contributed by atoms with van der Waals surface area (Å²) in [5.74, 6) is -2.87. The van der Waals surface area contributed by atoms with Crippen molar-refractivity contribution >= 4 is 42.4 Å². The molecule has 1 aromatic rings. The van der Waals surface area contributed by atoms with Crippen LogP contribution in [0.1, 0.15) is 25.3 Å². The lowest BCUT2D eigenvalue weighted by molar-refractivity contribution is -0.384. The normalized spacial score (nSPS) is 16.0. The Morgan fingerprint density at radius 1 is 1.19 bits per heavy atom. The molecule has 0 saturated heterocycles. The van der Waals surface area contributed by atoms with Gasteiger partial charge in [0.1, 0.15) is 0 Å². The van der Waals surface area contributed by atoms with Gasteiger partial charge < -0.3 is 15.2 Å². The van der Waals surface area contributed by atoms with Crippen molar-refractivity contribution in [1.82, 2.24) is 5.32 Å². The minimum atomic E-state index is -1.22. The van der Waals surface area contributed by atoms with Crippen molar-refractivity contribution in [2.24, 2.45) is 0 Å². The van der Waals surface area contributed by atoms with E-state index in [-0.39, 0.29) is 41.6 Å². The zero-order chi connectivity index (χ0) is 18.0. The van der Waals surface area contributed by atoms with E-state index in [0.717, 1.165) is 0 Å². The van der Waals surface area contributed by atoms with Crippen LogP contribution in [-0.2, 0) is 14.3 Å². The summed E-state index contributed by atoms with van der Waals surface area (Å²) in [6.07, 6.45) is 0. The van der Waals surface area contributed by atoms with E-state index in [1.54, 1.807) is 19.9 Å². The SMILES string of the molecule is COC(=O)C1=C(C)NC(C)=C(C(=O)O)C1c1cccc([N+](=O)[O-])c1.Cl.Cl. The number of nitrogens with zero attached hydrogens (tertiary/aromatic N) is 1. The molecule has 1 atom stereocenters. The minimum absolute atomic E-state index is 0. The van der Waals surface area contributed by atoms with E-state index < -0.39 is 22.8 Å². The highest BCUT2D eigenvalue weighted by atomic mass is 35.5. The molecular formula is C16H18Cl2N2O6. The van der Waals surface area contributed by atoms with Crippen LogP contribution in [0.4, 0.5) is 5.69 Å². The van der Waals surface area contributed by atoms with Gasteiger partial charge in [0.05, 0.1) is 29.1 Å². The lowest BCUT2D eigenvalue weighted by Crippen LogP contribution is -2.31. The number of non-ortho nitro benzene ring substituents is 1.